The van der Waals surface area contributed by atoms with Gasteiger partial charge >= 0.3 is 0 Å². The fourth-order valence-corrected chi connectivity index (χ4v) is 2.95. The van der Waals surface area contributed by atoms with E-state index in [0.717, 1.165) is 26.2 Å². The molecule has 2 aromatic rings. The van der Waals surface area contributed by atoms with Gasteiger partial charge in [0, 0.05) is 45.1 Å². The molecular weight excluding hydrogens is 296 g/mol. The van der Waals surface area contributed by atoms with Gasteiger partial charge in [-0.15, -0.1) is 0 Å². The van der Waals surface area contributed by atoms with E-state index in [1.54, 1.807) is 10.9 Å². The predicted octanol–water partition coefficient (Wildman–Crippen LogP) is 0.314. The number of hydrogen-bond acceptors (Lipinski definition) is 7. The minimum absolute atomic E-state index is 0.132. The Balaban J connectivity index is 1.44. The Morgan fingerprint density at radius 3 is 2.65 bits per heavy atom. The monoisotopic (exact) mass is 320 g/mol. The Hall–Kier alpha value is -1.77. The zero-order valence-electron chi connectivity index (χ0n) is 13.7. The van der Waals surface area contributed by atoms with Gasteiger partial charge in [-0.1, -0.05) is 5.16 Å². The number of aromatic nitrogens is 4. The minimum Gasteiger partial charge on any atom is -0.390 e. The van der Waals surface area contributed by atoms with Gasteiger partial charge < -0.3 is 9.63 Å². The first kappa shape index (κ1) is 16.1. The van der Waals surface area contributed by atoms with E-state index in [9.17, 15) is 5.11 Å². The molecule has 3 rings (SSSR count). The minimum atomic E-state index is -0.405. The summed E-state index contributed by atoms with van der Waals surface area (Å²) in [5, 5.41) is 18.2. The highest BCUT2D eigenvalue weighted by Crippen LogP contribution is 2.20. The van der Waals surface area contributed by atoms with Crippen LogP contribution in [0.15, 0.2) is 23.0 Å². The first-order valence-corrected chi connectivity index (χ1v) is 8.04. The number of hydrogen-bond donors (Lipinski definition) is 1. The molecule has 0 aromatic carbocycles. The van der Waals surface area contributed by atoms with Crippen molar-refractivity contribution in [1.82, 2.24) is 29.7 Å². The van der Waals surface area contributed by atoms with Crippen LogP contribution in [0.2, 0.25) is 0 Å². The average molecular weight is 320 g/mol. The van der Waals surface area contributed by atoms with Crippen LogP contribution in [-0.2, 0) is 6.54 Å². The van der Waals surface area contributed by atoms with Gasteiger partial charge in [-0.25, -0.2) is 0 Å². The Morgan fingerprint density at radius 2 is 2.04 bits per heavy atom. The third-order valence-electron chi connectivity index (χ3n) is 4.28. The smallest absolute Gasteiger partial charge is 0.243 e. The van der Waals surface area contributed by atoms with Crippen molar-refractivity contribution in [3.8, 4) is 0 Å². The maximum atomic E-state index is 10.2. The van der Waals surface area contributed by atoms with E-state index < -0.39 is 6.10 Å². The lowest BCUT2D eigenvalue weighted by Gasteiger charge is -2.37. The Labute approximate surface area is 135 Å². The molecule has 8 nitrogen and oxygen atoms in total. The third-order valence-corrected chi connectivity index (χ3v) is 4.28. The number of rotatable bonds is 6. The van der Waals surface area contributed by atoms with Crippen LogP contribution in [-0.4, -0.2) is 73.7 Å². The number of piperazine rings is 1. The quantitative estimate of drug-likeness (QED) is 0.820. The molecule has 1 N–H and O–H groups in total. The number of β-amino-alcohol motifs (C(OH)–C–C–N with tert-alkyl or cyclic N) is 1. The second kappa shape index (κ2) is 7.20. The maximum Gasteiger partial charge on any atom is 0.243 e. The molecule has 0 spiro atoms. The summed E-state index contributed by atoms with van der Waals surface area (Å²) in [6.45, 7) is 8.83. The van der Waals surface area contributed by atoms with Gasteiger partial charge in [0.15, 0.2) is 5.82 Å². The van der Waals surface area contributed by atoms with Crippen LogP contribution in [0.25, 0.3) is 0 Å². The van der Waals surface area contributed by atoms with E-state index in [0.29, 0.717) is 24.8 Å². The zero-order chi connectivity index (χ0) is 16.2. The van der Waals surface area contributed by atoms with Crippen molar-refractivity contribution in [2.24, 2.45) is 0 Å². The number of aliphatic hydroxyl groups is 1. The Morgan fingerprint density at radius 1 is 1.26 bits per heavy atom. The number of aryl methyl sites for hydroxylation is 1. The van der Waals surface area contributed by atoms with Crippen LogP contribution in [0.3, 0.4) is 0 Å². The van der Waals surface area contributed by atoms with Crippen LogP contribution >= 0.6 is 0 Å². The van der Waals surface area contributed by atoms with Crippen molar-refractivity contribution < 1.29 is 9.63 Å². The fourth-order valence-electron chi connectivity index (χ4n) is 2.95. The molecule has 2 aromatic heterocycles. The Bertz CT molecular complexity index is 591. The van der Waals surface area contributed by atoms with Gasteiger partial charge in [0.2, 0.25) is 5.89 Å². The number of aliphatic hydroxyl groups excluding tert-OH is 1. The van der Waals surface area contributed by atoms with Crippen LogP contribution in [0, 0.1) is 6.92 Å². The third kappa shape index (κ3) is 4.15. The van der Waals surface area contributed by atoms with E-state index in [-0.39, 0.29) is 6.04 Å². The second-order valence-electron chi connectivity index (χ2n) is 6.07. The summed E-state index contributed by atoms with van der Waals surface area (Å²) in [6, 6.07) is 2.00. The zero-order valence-corrected chi connectivity index (χ0v) is 13.7. The van der Waals surface area contributed by atoms with E-state index >= 15 is 0 Å². The van der Waals surface area contributed by atoms with Gasteiger partial charge in [-0.3, -0.25) is 14.5 Å². The molecule has 126 valence electrons. The lowest BCUT2D eigenvalue weighted by molar-refractivity contribution is 0.0459. The van der Waals surface area contributed by atoms with E-state index in [1.807, 2.05) is 19.2 Å². The number of nitrogens with zero attached hydrogens (tertiary/aromatic N) is 6. The summed E-state index contributed by atoms with van der Waals surface area (Å²) in [5.74, 6) is 1.35. The van der Waals surface area contributed by atoms with Gasteiger partial charge in [0.1, 0.15) is 0 Å². The first-order valence-electron chi connectivity index (χ1n) is 8.04. The highest BCUT2D eigenvalue weighted by molar-refractivity contribution is 4.92. The van der Waals surface area contributed by atoms with E-state index in [1.165, 1.54) is 0 Å². The van der Waals surface area contributed by atoms with Crippen LogP contribution < -0.4 is 0 Å². The molecule has 1 saturated heterocycles. The summed E-state index contributed by atoms with van der Waals surface area (Å²) in [5.41, 5.74) is 0. The van der Waals surface area contributed by atoms with Crippen molar-refractivity contribution in [3.63, 3.8) is 0 Å². The van der Waals surface area contributed by atoms with E-state index in [4.69, 9.17) is 4.52 Å². The highest BCUT2D eigenvalue weighted by atomic mass is 16.5. The molecule has 23 heavy (non-hydrogen) atoms. The molecular formula is C15H24N6O2. The molecule has 0 bridgehead atoms. The molecule has 1 aliphatic rings. The SMILES string of the molecule is Cc1noc([C@H](C)N2CCN(C[C@@H](O)Cn3cccn3)CC2)n1. The van der Waals surface area contributed by atoms with Gasteiger partial charge in [-0.05, 0) is 19.9 Å². The Kier molecular flexibility index (Phi) is 5.04. The second-order valence-corrected chi connectivity index (χ2v) is 6.07. The van der Waals surface area contributed by atoms with Crippen molar-refractivity contribution in [2.45, 2.75) is 32.5 Å². The molecule has 1 fully saturated rings. The van der Waals surface area contributed by atoms with Crippen molar-refractivity contribution in [2.75, 3.05) is 32.7 Å². The first-order chi connectivity index (χ1) is 11.1. The lowest BCUT2D eigenvalue weighted by Crippen LogP contribution is -2.49. The normalized spacial score (nSPS) is 19.8. The highest BCUT2D eigenvalue weighted by Gasteiger charge is 2.26. The molecule has 2 atom stereocenters. The molecule has 0 amide bonds. The van der Waals surface area contributed by atoms with Gasteiger partial charge in [0.25, 0.3) is 0 Å². The molecule has 0 saturated carbocycles. The standard InChI is InChI=1S/C15H24N6O2/c1-12(15-17-13(2)18-23-15)20-8-6-19(7-9-20)10-14(22)11-21-5-3-4-16-21/h3-5,12,14,22H,6-11H2,1-2H3/t12-,14+/m0/s1. The largest absolute Gasteiger partial charge is 0.390 e. The van der Waals surface area contributed by atoms with Gasteiger partial charge in [-0.2, -0.15) is 10.1 Å². The summed E-state index contributed by atoms with van der Waals surface area (Å²) < 4.78 is 7.03. The molecule has 1 aliphatic heterocycles. The van der Waals surface area contributed by atoms with Crippen LogP contribution in [0.4, 0.5) is 0 Å². The maximum absolute atomic E-state index is 10.2. The molecule has 0 unspecified atom stereocenters. The van der Waals surface area contributed by atoms with E-state index in [2.05, 4.69) is 32.0 Å². The lowest BCUT2D eigenvalue weighted by atomic mass is 10.2. The van der Waals surface area contributed by atoms with Crippen molar-refractivity contribution in [3.05, 3.63) is 30.2 Å². The summed E-state index contributed by atoms with van der Waals surface area (Å²) in [6.07, 6.45) is 3.19. The molecule has 3 heterocycles. The molecule has 0 radical (unpaired) electrons. The topological polar surface area (TPSA) is 83.5 Å². The van der Waals surface area contributed by atoms with Crippen molar-refractivity contribution in [1.29, 1.82) is 0 Å². The summed E-state index contributed by atoms with van der Waals surface area (Å²) in [7, 11) is 0. The van der Waals surface area contributed by atoms with Gasteiger partial charge in [0.05, 0.1) is 18.7 Å². The fraction of sp³-hybridized carbons (Fsp3) is 0.667. The molecule has 0 aliphatic carbocycles. The van der Waals surface area contributed by atoms with Crippen molar-refractivity contribution >= 4 is 0 Å². The van der Waals surface area contributed by atoms with Crippen LogP contribution in [0.1, 0.15) is 24.7 Å². The summed E-state index contributed by atoms with van der Waals surface area (Å²) in [4.78, 5) is 8.94. The average Bonchev–Trinajstić information content (AvgIpc) is 3.19. The summed E-state index contributed by atoms with van der Waals surface area (Å²) >= 11 is 0. The van der Waals surface area contributed by atoms with Crippen LogP contribution in [0.5, 0.6) is 0 Å². The molecule has 8 heteroatoms. The predicted molar refractivity (Wildman–Crippen MR) is 83.7 cm³/mol.